The number of amides is 3. The van der Waals surface area contributed by atoms with Crippen molar-refractivity contribution < 1.29 is 19.1 Å². The van der Waals surface area contributed by atoms with Gasteiger partial charge in [-0.2, -0.15) is 0 Å². The van der Waals surface area contributed by atoms with Crippen molar-refractivity contribution in [1.29, 1.82) is 0 Å². The number of nitrogens with zero attached hydrogens (tertiary/aromatic N) is 1. The Morgan fingerprint density at radius 3 is 2.96 bits per heavy atom. The van der Waals surface area contributed by atoms with Crippen molar-refractivity contribution in [2.24, 2.45) is 0 Å². The van der Waals surface area contributed by atoms with Gasteiger partial charge in [-0.25, -0.2) is 0 Å². The molecule has 0 aromatic carbocycles. The lowest BCUT2D eigenvalue weighted by molar-refractivity contribution is -0.129. The number of carbonyl (C=O) groups is 3. The zero-order valence-electron chi connectivity index (χ0n) is 13.8. The van der Waals surface area contributed by atoms with Crippen molar-refractivity contribution in [2.75, 3.05) is 33.4 Å². The van der Waals surface area contributed by atoms with Crippen LogP contribution in [0.25, 0.3) is 0 Å². The highest BCUT2D eigenvalue weighted by atomic mass is 16.5. The summed E-state index contributed by atoms with van der Waals surface area (Å²) in [7, 11) is 1.46. The Hall–Kier alpha value is -2.11. The summed E-state index contributed by atoms with van der Waals surface area (Å²) in [5, 5.41) is 8.41. The van der Waals surface area contributed by atoms with Crippen molar-refractivity contribution >= 4 is 17.7 Å². The molecule has 8 heteroatoms. The van der Waals surface area contributed by atoms with Gasteiger partial charge in [-0.3, -0.25) is 19.3 Å². The molecular formula is C16H24N4O4. The molecule has 0 spiro atoms. The summed E-state index contributed by atoms with van der Waals surface area (Å²) in [6.07, 6.45) is 6.67. The summed E-state index contributed by atoms with van der Waals surface area (Å²) in [6, 6.07) is -0.266. The van der Waals surface area contributed by atoms with Crippen LogP contribution in [0.1, 0.15) is 19.3 Å². The van der Waals surface area contributed by atoms with Gasteiger partial charge in [-0.1, -0.05) is 5.92 Å². The normalized spacial score (nSPS) is 26.2. The van der Waals surface area contributed by atoms with Crippen molar-refractivity contribution in [2.45, 2.75) is 37.4 Å². The van der Waals surface area contributed by atoms with E-state index in [4.69, 9.17) is 11.2 Å². The van der Waals surface area contributed by atoms with Crippen molar-refractivity contribution in [3.8, 4) is 12.3 Å². The van der Waals surface area contributed by atoms with E-state index in [-0.39, 0.29) is 49.0 Å². The molecule has 2 rings (SSSR count). The van der Waals surface area contributed by atoms with Crippen LogP contribution >= 0.6 is 0 Å². The van der Waals surface area contributed by atoms with E-state index >= 15 is 0 Å². The van der Waals surface area contributed by atoms with E-state index < -0.39 is 0 Å². The van der Waals surface area contributed by atoms with Gasteiger partial charge in [0.2, 0.25) is 17.7 Å². The second-order valence-corrected chi connectivity index (χ2v) is 6.06. The number of fused-ring (bicyclic) bond motifs is 1. The van der Waals surface area contributed by atoms with Gasteiger partial charge in [0.25, 0.3) is 0 Å². The molecule has 0 aromatic heterocycles. The Morgan fingerprint density at radius 2 is 2.25 bits per heavy atom. The Kier molecular flexibility index (Phi) is 6.58. The summed E-state index contributed by atoms with van der Waals surface area (Å²) in [5.74, 6) is 2.06. The van der Waals surface area contributed by atoms with Crippen LogP contribution in [0.5, 0.6) is 0 Å². The van der Waals surface area contributed by atoms with Crippen LogP contribution < -0.4 is 16.0 Å². The van der Waals surface area contributed by atoms with Gasteiger partial charge in [0.1, 0.15) is 6.61 Å². The van der Waals surface area contributed by atoms with Gasteiger partial charge in [-0.15, -0.1) is 6.42 Å². The van der Waals surface area contributed by atoms with Crippen LogP contribution in [0.15, 0.2) is 0 Å². The smallest absolute Gasteiger partial charge is 0.246 e. The molecule has 2 fully saturated rings. The molecule has 2 heterocycles. The molecular weight excluding hydrogens is 312 g/mol. The molecule has 8 nitrogen and oxygen atoms in total. The van der Waals surface area contributed by atoms with E-state index in [9.17, 15) is 14.4 Å². The molecule has 0 unspecified atom stereocenters. The standard InChI is InChI=1S/C16H24N4O4/c1-3-6-17-14(21)5-4-12-8-18-16(23)13-7-11(9-20(12)13)19-15(22)10-24-2/h1,11-13H,4-10H2,2H3,(H,17,21)(H,18,23)(H,19,22)/t11-,12+,13-/m0/s1. The van der Waals surface area contributed by atoms with E-state index in [0.717, 1.165) is 0 Å². The molecule has 132 valence electrons. The zero-order chi connectivity index (χ0) is 17.5. The molecule has 2 aliphatic rings. The predicted molar refractivity (Wildman–Crippen MR) is 86.8 cm³/mol. The highest BCUT2D eigenvalue weighted by Gasteiger charge is 2.43. The summed E-state index contributed by atoms with van der Waals surface area (Å²) >= 11 is 0. The lowest BCUT2D eigenvalue weighted by atomic mass is 10.0. The van der Waals surface area contributed by atoms with Gasteiger partial charge in [-0.05, 0) is 12.8 Å². The monoisotopic (exact) mass is 336 g/mol. The van der Waals surface area contributed by atoms with E-state index in [1.165, 1.54) is 7.11 Å². The highest BCUT2D eigenvalue weighted by molar-refractivity contribution is 5.84. The highest BCUT2D eigenvalue weighted by Crippen LogP contribution is 2.25. The number of hydrogen-bond acceptors (Lipinski definition) is 5. The van der Waals surface area contributed by atoms with Crippen LogP contribution in [0.3, 0.4) is 0 Å². The number of rotatable bonds is 7. The van der Waals surface area contributed by atoms with Gasteiger partial charge in [0, 0.05) is 38.7 Å². The van der Waals surface area contributed by atoms with Crippen molar-refractivity contribution in [3.63, 3.8) is 0 Å². The fourth-order valence-corrected chi connectivity index (χ4v) is 3.28. The Morgan fingerprint density at radius 1 is 1.46 bits per heavy atom. The first kappa shape index (κ1) is 18.2. The van der Waals surface area contributed by atoms with Crippen molar-refractivity contribution in [1.82, 2.24) is 20.9 Å². The van der Waals surface area contributed by atoms with Crippen LogP contribution in [0.4, 0.5) is 0 Å². The Balaban J connectivity index is 1.88. The molecule has 0 aromatic rings. The van der Waals surface area contributed by atoms with Gasteiger partial charge in [0.05, 0.1) is 12.6 Å². The first-order chi connectivity index (χ1) is 11.5. The molecule has 2 saturated heterocycles. The third-order valence-electron chi connectivity index (χ3n) is 4.36. The third-order valence-corrected chi connectivity index (χ3v) is 4.36. The maximum Gasteiger partial charge on any atom is 0.246 e. The average molecular weight is 336 g/mol. The zero-order valence-corrected chi connectivity index (χ0v) is 13.8. The van der Waals surface area contributed by atoms with E-state index in [1.807, 2.05) is 0 Å². The van der Waals surface area contributed by atoms with Gasteiger partial charge >= 0.3 is 0 Å². The largest absolute Gasteiger partial charge is 0.375 e. The van der Waals surface area contributed by atoms with E-state index in [0.29, 0.717) is 32.4 Å². The first-order valence-corrected chi connectivity index (χ1v) is 8.07. The number of ether oxygens (including phenoxy) is 1. The molecule has 0 radical (unpaired) electrons. The molecule has 0 bridgehead atoms. The quantitative estimate of drug-likeness (QED) is 0.477. The minimum atomic E-state index is -0.259. The maximum atomic E-state index is 12.1. The fourth-order valence-electron chi connectivity index (χ4n) is 3.28. The molecule has 3 amide bonds. The average Bonchev–Trinajstić information content (AvgIpc) is 2.97. The lowest BCUT2D eigenvalue weighted by Crippen LogP contribution is -2.58. The number of nitrogens with one attached hydrogen (secondary N) is 3. The predicted octanol–water partition coefficient (Wildman–Crippen LogP) is -1.78. The molecule has 0 aliphatic carbocycles. The number of carbonyl (C=O) groups excluding carboxylic acids is 3. The number of hydrogen-bond donors (Lipinski definition) is 3. The molecule has 3 N–H and O–H groups in total. The summed E-state index contributed by atoms with van der Waals surface area (Å²) in [6.45, 7) is 1.34. The van der Waals surface area contributed by atoms with Crippen LogP contribution in [-0.2, 0) is 19.1 Å². The topological polar surface area (TPSA) is 99.8 Å². The summed E-state index contributed by atoms with van der Waals surface area (Å²) in [5.41, 5.74) is 0. The van der Waals surface area contributed by atoms with E-state index in [1.54, 1.807) is 0 Å². The third kappa shape index (κ3) is 4.69. The second kappa shape index (κ2) is 8.66. The molecule has 3 atom stereocenters. The summed E-state index contributed by atoms with van der Waals surface area (Å²) in [4.78, 5) is 37.5. The minimum Gasteiger partial charge on any atom is -0.375 e. The first-order valence-electron chi connectivity index (χ1n) is 8.07. The molecule has 24 heavy (non-hydrogen) atoms. The van der Waals surface area contributed by atoms with E-state index in [2.05, 4.69) is 26.8 Å². The van der Waals surface area contributed by atoms with Crippen molar-refractivity contribution in [3.05, 3.63) is 0 Å². The number of methoxy groups -OCH3 is 1. The minimum absolute atomic E-state index is 0.00609. The maximum absolute atomic E-state index is 12.1. The second-order valence-electron chi connectivity index (χ2n) is 6.06. The Bertz CT molecular complexity index is 531. The molecule has 2 aliphatic heterocycles. The van der Waals surface area contributed by atoms with Gasteiger partial charge < -0.3 is 20.7 Å². The van der Waals surface area contributed by atoms with Gasteiger partial charge in [0.15, 0.2) is 0 Å². The van der Waals surface area contributed by atoms with Crippen LogP contribution in [-0.4, -0.2) is 74.1 Å². The van der Waals surface area contributed by atoms with Crippen LogP contribution in [0.2, 0.25) is 0 Å². The fraction of sp³-hybridized carbons (Fsp3) is 0.688. The summed E-state index contributed by atoms with van der Waals surface area (Å²) < 4.78 is 4.81. The molecule has 0 saturated carbocycles. The lowest BCUT2D eigenvalue weighted by Gasteiger charge is -2.37. The SMILES string of the molecule is C#CCNC(=O)CC[C@@H]1CNC(=O)[C@@H]2C[C@H](NC(=O)COC)CN12. The number of piperazine rings is 1. The van der Waals surface area contributed by atoms with Crippen LogP contribution in [0, 0.1) is 12.3 Å². The Labute approximate surface area is 141 Å². The number of terminal acetylenes is 1.